The molecule has 5 atom stereocenters. The molecule has 2 saturated carbocycles. The number of rotatable bonds is 1. The first kappa shape index (κ1) is 15.5. The minimum Gasteiger partial charge on any atom is -0.497 e. The topological polar surface area (TPSA) is 29.5 Å². The van der Waals surface area contributed by atoms with Crippen molar-refractivity contribution in [2.45, 2.75) is 70.8 Å². The van der Waals surface area contributed by atoms with Crippen LogP contribution in [0, 0.1) is 24.2 Å². The van der Waals surface area contributed by atoms with Crippen LogP contribution in [0.25, 0.3) is 0 Å². The number of hydrogen-bond acceptors (Lipinski definition) is 2. The van der Waals surface area contributed by atoms with E-state index in [0.717, 1.165) is 24.5 Å². The van der Waals surface area contributed by atoms with Gasteiger partial charge >= 0.3 is 0 Å². The molecule has 0 spiro atoms. The molecule has 2 heteroatoms. The Kier molecular flexibility index (Phi) is 3.36. The van der Waals surface area contributed by atoms with Crippen molar-refractivity contribution < 1.29 is 9.84 Å². The molecule has 2 nitrogen and oxygen atoms in total. The van der Waals surface area contributed by atoms with Gasteiger partial charge in [-0.3, -0.25) is 0 Å². The third-order valence-electron chi connectivity index (χ3n) is 7.80. The van der Waals surface area contributed by atoms with Crippen LogP contribution in [0.5, 0.6) is 5.75 Å². The standard InChI is InChI=1S/C21H30O2/c1-13-11-15(23-4)12-14-5-6-16-17(19(13)14)7-9-20(2)18(16)8-10-21(20,3)22/h11-12,16-18,22H,5-10H2,1-4H3/t16-,17+,18-,20-,21-/m0/s1. The van der Waals surface area contributed by atoms with E-state index < -0.39 is 5.60 Å². The van der Waals surface area contributed by atoms with Crippen molar-refractivity contribution in [1.82, 2.24) is 0 Å². The molecule has 2 fully saturated rings. The number of ether oxygens (including phenoxy) is 1. The summed E-state index contributed by atoms with van der Waals surface area (Å²) in [5.74, 6) is 3.13. The largest absolute Gasteiger partial charge is 0.497 e. The fourth-order valence-electron chi connectivity index (χ4n) is 6.30. The molecule has 0 amide bonds. The molecule has 1 aromatic rings. The quantitative estimate of drug-likeness (QED) is 0.820. The normalized spacial score (nSPS) is 41.9. The van der Waals surface area contributed by atoms with Crippen LogP contribution in [-0.2, 0) is 6.42 Å². The molecule has 1 N–H and O–H groups in total. The molecule has 126 valence electrons. The number of aryl methyl sites for hydroxylation is 2. The Morgan fingerprint density at radius 2 is 1.91 bits per heavy atom. The number of aliphatic hydroxyl groups is 1. The smallest absolute Gasteiger partial charge is 0.119 e. The molecule has 0 bridgehead atoms. The Morgan fingerprint density at radius 3 is 2.65 bits per heavy atom. The summed E-state index contributed by atoms with van der Waals surface area (Å²) in [6.45, 7) is 6.69. The molecular weight excluding hydrogens is 284 g/mol. The van der Waals surface area contributed by atoms with Crippen LogP contribution >= 0.6 is 0 Å². The van der Waals surface area contributed by atoms with Gasteiger partial charge in [-0.2, -0.15) is 0 Å². The summed E-state index contributed by atoms with van der Waals surface area (Å²) >= 11 is 0. The minimum atomic E-state index is -0.474. The van der Waals surface area contributed by atoms with Gasteiger partial charge in [-0.25, -0.2) is 0 Å². The van der Waals surface area contributed by atoms with E-state index in [1.807, 2.05) is 0 Å². The van der Waals surface area contributed by atoms with Crippen molar-refractivity contribution in [3.8, 4) is 5.75 Å². The molecule has 0 unspecified atom stereocenters. The Balaban J connectivity index is 1.73. The lowest BCUT2D eigenvalue weighted by molar-refractivity contribution is -0.0902. The second kappa shape index (κ2) is 4.99. The van der Waals surface area contributed by atoms with Gasteiger partial charge in [0.1, 0.15) is 5.75 Å². The maximum absolute atomic E-state index is 10.9. The molecule has 23 heavy (non-hydrogen) atoms. The molecule has 1 aromatic carbocycles. The summed E-state index contributed by atoms with van der Waals surface area (Å²) in [7, 11) is 1.76. The third kappa shape index (κ3) is 2.03. The Labute approximate surface area is 140 Å². The van der Waals surface area contributed by atoms with Gasteiger partial charge in [0.05, 0.1) is 12.7 Å². The van der Waals surface area contributed by atoms with Crippen LogP contribution in [0.1, 0.15) is 68.6 Å². The zero-order valence-electron chi connectivity index (χ0n) is 15.0. The highest BCUT2D eigenvalue weighted by Crippen LogP contribution is 2.64. The van der Waals surface area contributed by atoms with E-state index >= 15 is 0 Å². The third-order valence-corrected chi connectivity index (χ3v) is 7.80. The summed E-state index contributed by atoms with van der Waals surface area (Å²) in [5, 5.41) is 10.9. The number of benzene rings is 1. The molecule has 0 radical (unpaired) electrons. The van der Waals surface area contributed by atoms with Crippen molar-refractivity contribution in [2.75, 3.05) is 7.11 Å². The predicted molar refractivity (Wildman–Crippen MR) is 93.0 cm³/mol. The van der Waals surface area contributed by atoms with Crippen molar-refractivity contribution in [1.29, 1.82) is 0 Å². The number of methoxy groups -OCH3 is 1. The monoisotopic (exact) mass is 314 g/mol. The molecule has 0 heterocycles. The van der Waals surface area contributed by atoms with Crippen LogP contribution in [0.2, 0.25) is 0 Å². The van der Waals surface area contributed by atoms with E-state index in [2.05, 4.69) is 32.9 Å². The second-order valence-corrected chi connectivity index (χ2v) is 8.70. The predicted octanol–water partition coefficient (Wildman–Crippen LogP) is 4.61. The Hall–Kier alpha value is -1.02. The average molecular weight is 314 g/mol. The summed E-state index contributed by atoms with van der Waals surface area (Å²) in [6, 6.07) is 4.47. The second-order valence-electron chi connectivity index (χ2n) is 8.70. The SMILES string of the molecule is COc1cc(C)c2c(c1)CC[C@H]1[C@H]2CC[C@@]2(C)[C@H]1CC[C@]2(C)O. The van der Waals surface area contributed by atoms with Crippen molar-refractivity contribution in [2.24, 2.45) is 17.3 Å². The highest BCUT2D eigenvalue weighted by molar-refractivity contribution is 5.46. The van der Waals surface area contributed by atoms with Crippen molar-refractivity contribution in [3.63, 3.8) is 0 Å². The van der Waals surface area contributed by atoms with Gasteiger partial charge in [-0.15, -0.1) is 0 Å². The van der Waals surface area contributed by atoms with E-state index in [0.29, 0.717) is 11.8 Å². The van der Waals surface area contributed by atoms with E-state index in [4.69, 9.17) is 4.74 Å². The van der Waals surface area contributed by atoms with Crippen LogP contribution in [-0.4, -0.2) is 17.8 Å². The first-order valence-electron chi connectivity index (χ1n) is 9.27. The molecule has 0 aliphatic heterocycles. The maximum Gasteiger partial charge on any atom is 0.119 e. The van der Waals surface area contributed by atoms with E-state index in [9.17, 15) is 5.11 Å². The molecule has 0 aromatic heterocycles. The van der Waals surface area contributed by atoms with Gasteiger partial charge in [0.25, 0.3) is 0 Å². The highest BCUT2D eigenvalue weighted by Gasteiger charge is 2.59. The Bertz CT molecular complexity index is 633. The van der Waals surface area contributed by atoms with Crippen LogP contribution in [0.15, 0.2) is 12.1 Å². The lowest BCUT2D eigenvalue weighted by Gasteiger charge is -2.53. The molecule has 3 aliphatic carbocycles. The lowest BCUT2D eigenvalue weighted by atomic mass is 9.53. The van der Waals surface area contributed by atoms with Crippen molar-refractivity contribution >= 4 is 0 Å². The summed E-state index contributed by atoms with van der Waals surface area (Å²) in [6.07, 6.45) is 7.02. The van der Waals surface area contributed by atoms with Gasteiger partial charge in [-0.05, 0) is 104 Å². The molecular formula is C21H30O2. The van der Waals surface area contributed by atoms with Crippen LogP contribution < -0.4 is 4.74 Å². The average Bonchev–Trinajstić information content (AvgIpc) is 2.76. The lowest BCUT2D eigenvalue weighted by Crippen LogP contribution is -2.49. The van der Waals surface area contributed by atoms with Gasteiger partial charge in [0.2, 0.25) is 0 Å². The Morgan fingerprint density at radius 1 is 1.13 bits per heavy atom. The minimum absolute atomic E-state index is 0.117. The molecule has 0 saturated heterocycles. The van der Waals surface area contributed by atoms with E-state index in [1.54, 1.807) is 12.7 Å². The van der Waals surface area contributed by atoms with Crippen LogP contribution in [0.4, 0.5) is 0 Å². The zero-order valence-corrected chi connectivity index (χ0v) is 15.0. The number of fused-ring (bicyclic) bond motifs is 5. The first-order valence-corrected chi connectivity index (χ1v) is 9.27. The fourth-order valence-corrected chi connectivity index (χ4v) is 6.30. The summed E-state index contributed by atoms with van der Waals surface area (Å²) in [4.78, 5) is 0. The van der Waals surface area contributed by atoms with Gasteiger partial charge in [-0.1, -0.05) is 6.92 Å². The maximum atomic E-state index is 10.9. The van der Waals surface area contributed by atoms with Crippen molar-refractivity contribution in [3.05, 3.63) is 28.8 Å². The molecule has 4 rings (SSSR count). The zero-order chi connectivity index (χ0) is 16.4. The fraction of sp³-hybridized carbons (Fsp3) is 0.714. The van der Waals surface area contributed by atoms with Gasteiger partial charge in [0.15, 0.2) is 0 Å². The molecule has 3 aliphatic rings. The van der Waals surface area contributed by atoms with Gasteiger partial charge in [0, 0.05) is 0 Å². The summed E-state index contributed by atoms with van der Waals surface area (Å²) in [5.41, 5.74) is 4.17. The van der Waals surface area contributed by atoms with Crippen LogP contribution in [0.3, 0.4) is 0 Å². The van der Waals surface area contributed by atoms with E-state index in [-0.39, 0.29) is 5.41 Å². The van der Waals surface area contributed by atoms with Gasteiger partial charge < -0.3 is 9.84 Å². The first-order chi connectivity index (χ1) is 10.9. The summed E-state index contributed by atoms with van der Waals surface area (Å²) < 4.78 is 5.48. The van der Waals surface area contributed by atoms with E-state index in [1.165, 1.54) is 36.8 Å². The highest BCUT2D eigenvalue weighted by atomic mass is 16.5. The number of hydrogen-bond donors (Lipinski definition) is 1.